The highest BCUT2D eigenvalue weighted by Crippen LogP contribution is 2.21. The zero-order valence-electron chi connectivity index (χ0n) is 5.98. The monoisotopic (exact) mass is 281 g/mol. The highest BCUT2D eigenvalue weighted by molar-refractivity contribution is 14.1. The van der Waals surface area contributed by atoms with Crippen LogP contribution in [0.2, 0.25) is 5.02 Å². The molecule has 0 aliphatic heterocycles. The van der Waals surface area contributed by atoms with Crippen LogP contribution in [-0.2, 0) is 6.42 Å². The van der Waals surface area contributed by atoms with E-state index in [9.17, 15) is 0 Å². The van der Waals surface area contributed by atoms with Crippen LogP contribution in [0.15, 0.2) is 18.2 Å². The number of rotatable bonds is 2. The number of benzene rings is 1. The Balaban J connectivity index is 3.00. The van der Waals surface area contributed by atoms with E-state index in [4.69, 9.17) is 17.3 Å². The molecule has 0 amide bonds. The fraction of sp³-hybridized carbons (Fsp3) is 0.250. The van der Waals surface area contributed by atoms with Gasteiger partial charge in [0.2, 0.25) is 0 Å². The Kier molecular flexibility index (Phi) is 3.62. The van der Waals surface area contributed by atoms with E-state index in [1.54, 1.807) is 0 Å². The van der Waals surface area contributed by atoms with Crippen molar-refractivity contribution >= 4 is 34.2 Å². The maximum atomic E-state index is 5.95. The van der Waals surface area contributed by atoms with Gasteiger partial charge in [0.25, 0.3) is 0 Å². The fourth-order valence-electron chi connectivity index (χ4n) is 0.916. The van der Waals surface area contributed by atoms with Gasteiger partial charge in [-0.2, -0.15) is 0 Å². The molecule has 0 unspecified atom stereocenters. The van der Waals surface area contributed by atoms with Gasteiger partial charge in [0.15, 0.2) is 0 Å². The lowest BCUT2D eigenvalue weighted by Gasteiger charge is -2.03. The largest absolute Gasteiger partial charge is 0.330 e. The first-order chi connectivity index (χ1) is 5.25. The van der Waals surface area contributed by atoms with Crippen LogP contribution in [0.5, 0.6) is 0 Å². The van der Waals surface area contributed by atoms with E-state index < -0.39 is 0 Å². The van der Waals surface area contributed by atoms with E-state index in [2.05, 4.69) is 22.6 Å². The summed E-state index contributed by atoms with van der Waals surface area (Å²) >= 11 is 8.22. The summed E-state index contributed by atoms with van der Waals surface area (Å²) in [7, 11) is 0. The molecule has 0 saturated carbocycles. The maximum absolute atomic E-state index is 5.95. The van der Waals surface area contributed by atoms with Gasteiger partial charge in [-0.1, -0.05) is 17.7 Å². The first-order valence-corrected chi connectivity index (χ1v) is 4.84. The second-order valence-electron chi connectivity index (χ2n) is 2.24. The average Bonchev–Trinajstić information content (AvgIpc) is 1.97. The number of nitrogens with two attached hydrogens (primary N) is 1. The van der Waals surface area contributed by atoms with Crippen molar-refractivity contribution in [3.8, 4) is 0 Å². The lowest BCUT2D eigenvalue weighted by Crippen LogP contribution is -2.04. The lowest BCUT2D eigenvalue weighted by molar-refractivity contribution is 0.963. The van der Waals surface area contributed by atoms with Gasteiger partial charge in [-0.05, 0) is 53.3 Å². The molecule has 1 nitrogen and oxygen atoms in total. The zero-order chi connectivity index (χ0) is 8.27. The summed E-state index contributed by atoms with van der Waals surface area (Å²) in [4.78, 5) is 0. The van der Waals surface area contributed by atoms with Crippen molar-refractivity contribution in [2.24, 2.45) is 5.73 Å². The second-order valence-corrected chi connectivity index (χ2v) is 3.81. The second kappa shape index (κ2) is 4.28. The van der Waals surface area contributed by atoms with Crippen molar-refractivity contribution in [1.29, 1.82) is 0 Å². The summed E-state index contributed by atoms with van der Waals surface area (Å²) in [5, 5.41) is 0.822. The Bertz CT molecular complexity index is 230. The van der Waals surface area contributed by atoms with Gasteiger partial charge in [-0.15, -0.1) is 0 Å². The van der Waals surface area contributed by atoms with Gasteiger partial charge in [-0.3, -0.25) is 0 Å². The highest BCUT2D eigenvalue weighted by Gasteiger charge is 2.01. The maximum Gasteiger partial charge on any atom is 0.0449 e. The fourth-order valence-corrected chi connectivity index (χ4v) is 2.11. The summed E-state index contributed by atoms with van der Waals surface area (Å²) in [6, 6.07) is 5.89. The quantitative estimate of drug-likeness (QED) is 0.828. The molecule has 0 bridgehead atoms. The van der Waals surface area contributed by atoms with E-state index in [0.29, 0.717) is 6.54 Å². The van der Waals surface area contributed by atoms with Crippen molar-refractivity contribution < 1.29 is 0 Å². The van der Waals surface area contributed by atoms with Crippen LogP contribution in [0, 0.1) is 3.57 Å². The third kappa shape index (κ3) is 2.32. The minimum absolute atomic E-state index is 0.653. The molecule has 0 heterocycles. The Morgan fingerprint density at radius 2 is 2.18 bits per heavy atom. The molecule has 11 heavy (non-hydrogen) atoms. The molecule has 1 aromatic carbocycles. The smallest absolute Gasteiger partial charge is 0.0449 e. The van der Waals surface area contributed by atoms with Crippen LogP contribution < -0.4 is 5.73 Å². The minimum atomic E-state index is 0.653. The minimum Gasteiger partial charge on any atom is -0.330 e. The molecule has 60 valence electrons. The van der Waals surface area contributed by atoms with Crippen LogP contribution in [0.25, 0.3) is 0 Å². The number of hydrogen-bond donors (Lipinski definition) is 1. The molecule has 1 aromatic rings. The molecule has 0 aliphatic rings. The molecule has 1 rings (SSSR count). The van der Waals surface area contributed by atoms with Gasteiger partial charge < -0.3 is 5.73 Å². The standard InChI is InChI=1S/C8H9ClIN/c9-7-2-1-3-8(10)6(7)4-5-11/h1-3H,4-5,11H2. The van der Waals surface area contributed by atoms with Gasteiger partial charge in [0.05, 0.1) is 0 Å². The average molecular weight is 282 g/mol. The van der Waals surface area contributed by atoms with Gasteiger partial charge >= 0.3 is 0 Å². The molecule has 0 fully saturated rings. The Morgan fingerprint density at radius 3 is 2.73 bits per heavy atom. The van der Waals surface area contributed by atoms with E-state index >= 15 is 0 Å². The summed E-state index contributed by atoms with van der Waals surface area (Å²) in [5.74, 6) is 0. The van der Waals surface area contributed by atoms with Crippen molar-refractivity contribution in [1.82, 2.24) is 0 Å². The summed E-state index contributed by atoms with van der Waals surface area (Å²) in [6.07, 6.45) is 0.859. The molecule has 0 radical (unpaired) electrons. The van der Waals surface area contributed by atoms with Crippen LogP contribution in [-0.4, -0.2) is 6.54 Å². The van der Waals surface area contributed by atoms with E-state index in [1.807, 2.05) is 18.2 Å². The zero-order valence-corrected chi connectivity index (χ0v) is 8.89. The van der Waals surface area contributed by atoms with Gasteiger partial charge in [0.1, 0.15) is 0 Å². The predicted octanol–water partition coefficient (Wildman–Crippen LogP) is 2.45. The molecule has 3 heteroatoms. The van der Waals surface area contributed by atoms with Gasteiger partial charge in [0, 0.05) is 8.59 Å². The van der Waals surface area contributed by atoms with Crippen molar-refractivity contribution in [2.75, 3.05) is 6.54 Å². The molecule has 0 aliphatic carbocycles. The van der Waals surface area contributed by atoms with E-state index in [-0.39, 0.29) is 0 Å². The Hall–Kier alpha value is 0.200. The topological polar surface area (TPSA) is 26.0 Å². The van der Waals surface area contributed by atoms with E-state index in [1.165, 1.54) is 3.57 Å². The van der Waals surface area contributed by atoms with Crippen LogP contribution in [0.4, 0.5) is 0 Å². The normalized spacial score (nSPS) is 10.1. The molecular weight excluding hydrogens is 272 g/mol. The Morgan fingerprint density at radius 1 is 1.45 bits per heavy atom. The summed E-state index contributed by atoms with van der Waals surface area (Å²) < 4.78 is 1.19. The van der Waals surface area contributed by atoms with Crippen LogP contribution >= 0.6 is 34.2 Å². The molecule has 0 aromatic heterocycles. The molecule has 2 N–H and O–H groups in total. The molecule has 0 atom stereocenters. The van der Waals surface area contributed by atoms with E-state index in [0.717, 1.165) is 17.0 Å². The molecule has 0 saturated heterocycles. The first kappa shape index (κ1) is 9.29. The third-order valence-electron chi connectivity index (χ3n) is 1.46. The highest BCUT2D eigenvalue weighted by atomic mass is 127. The Labute approximate surface area is 85.1 Å². The summed E-state index contributed by atoms with van der Waals surface area (Å²) in [6.45, 7) is 0.653. The van der Waals surface area contributed by atoms with Crippen LogP contribution in [0.3, 0.4) is 0 Å². The molecular formula is C8H9ClIN. The van der Waals surface area contributed by atoms with Gasteiger partial charge in [-0.25, -0.2) is 0 Å². The lowest BCUT2D eigenvalue weighted by atomic mass is 10.1. The van der Waals surface area contributed by atoms with Crippen molar-refractivity contribution in [3.63, 3.8) is 0 Å². The van der Waals surface area contributed by atoms with Crippen LogP contribution in [0.1, 0.15) is 5.56 Å². The number of halogens is 2. The SMILES string of the molecule is NCCc1c(Cl)cccc1I. The predicted molar refractivity (Wildman–Crippen MR) is 56.9 cm³/mol. The summed E-state index contributed by atoms with van der Waals surface area (Å²) in [5.41, 5.74) is 6.60. The van der Waals surface area contributed by atoms with Crippen molar-refractivity contribution in [3.05, 3.63) is 32.4 Å². The first-order valence-electron chi connectivity index (χ1n) is 3.38. The number of hydrogen-bond acceptors (Lipinski definition) is 1. The van der Waals surface area contributed by atoms with Crippen molar-refractivity contribution in [2.45, 2.75) is 6.42 Å². The third-order valence-corrected chi connectivity index (χ3v) is 2.82. The molecule has 0 spiro atoms.